The molecular formula is C10H19ClN6O. The third kappa shape index (κ3) is 5.44. The van der Waals surface area contributed by atoms with Crippen LogP contribution in [0.5, 0.6) is 0 Å². The van der Waals surface area contributed by atoms with Crippen LogP contribution in [0.4, 0.5) is 11.9 Å². The molecule has 0 spiro atoms. The maximum absolute atomic E-state index is 5.77. The Morgan fingerprint density at radius 3 is 2.61 bits per heavy atom. The summed E-state index contributed by atoms with van der Waals surface area (Å²) >= 11 is 5.77. The monoisotopic (exact) mass is 274 g/mol. The van der Waals surface area contributed by atoms with Gasteiger partial charge in [-0.3, -0.25) is 0 Å². The lowest BCUT2D eigenvalue weighted by Gasteiger charge is -2.16. The molecule has 18 heavy (non-hydrogen) atoms. The molecule has 8 heteroatoms. The third-order valence-corrected chi connectivity index (χ3v) is 2.45. The number of likely N-dealkylation sites (N-methyl/N-ethyl adjacent to an activating group) is 1. The zero-order chi connectivity index (χ0) is 13.4. The van der Waals surface area contributed by atoms with Crippen molar-refractivity contribution in [2.75, 3.05) is 58.1 Å². The molecule has 0 amide bonds. The van der Waals surface area contributed by atoms with Gasteiger partial charge < -0.3 is 20.3 Å². The van der Waals surface area contributed by atoms with E-state index >= 15 is 0 Å². The Bertz CT molecular complexity index is 364. The molecule has 0 fully saturated rings. The van der Waals surface area contributed by atoms with E-state index in [0.717, 1.165) is 26.2 Å². The van der Waals surface area contributed by atoms with Crippen LogP contribution in [-0.2, 0) is 4.74 Å². The number of methoxy groups -OCH3 is 1. The van der Waals surface area contributed by atoms with Crippen LogP contribution in [0.25, 0.3) is 0 Å². The highest BCUT2D eigenvalue weighted by atomic mass is 35.5. The van der Waals surface area contributed by atoms with E-state index in [1.165, 1.54) is 0 Å². The Kier molecular flexibility index (Phi) is 6.63. The molecule has 0 aliphatic rings. The van der Waals surface area contributed by atoms with Crippen molar-refractivity contribution in [3.8, 4) is 0 Å². The Labute approximate surface area is 112 Å². The molecule has 0 aliphatic heterocycles. The summed E-state index contributed by atoms with van der Waals surface area (Å²) in [7, 11) is 5.45. The fourth-order valence-electron chi connectivity index (χ4n) is 1.26. The van der Waals surface area contributed by atoms with Gasteiger partial charge in [0.1, 0.15) is 0 Å². The summed E-state index contributed by atoms with van der Waals surface area (Å²) in [4.78, 5) is 14.2. The van der Waals surface area contributed by atoms with E-state index in [9.17, 15) is 0 Å². The normalized spacial score (nSPS) is 10.7. The number of hydrogen-bond acceptors (Lipinski definition) is 7. The molecule has 0 aliphatic carbocycles. The molecule has 0 unspecified atom stereocenters. The van der Waals surface area contributed by atoms with E-state index < -0.39 is 0 Å². The van der Waals surface area contributed by atoms with Crippen LogP contribution in [0.1, 0.15) is 0 Å². The number of anilines is 2. The first-order chi connectivity index (χ1) is 8.65. The summed E-state index contributed by atoms with van der Waals surface area (Å²) in [5.41, 5.74) is 0. The highest BCUT2D eigenvalue weighted by molar-refractivity contribution is 6.28. The molecule has 7 nitrogen and oxygen atoms in total. The smallest absolute Gasteiger partial charge is 0.228 e. The largest absolute Gasteiger partial charge is 0.383 e. The Balaban J connectivity index is 2.36. The fourth-order valence-corrected chi connectivity index (χ4v) is 1.42. The van der Waals surface area contributed by atoms with Crippen LogP contribution in [0, 0.1) is 0 Å². The third-order valence-electron chi connectivity index (χ3n) is 2.29. The lowest BCUT2D eigenvalue weighted by Crippen LogP contribution is -2.28. The second-order valence-electron chi connectivity index (χ2n) is 3.72. The Morgan fingerprint density at radius 2 is 1.94 bits per heavy atom. The van der Waals surface area contributed by atoms with Crippen LogP contribution in [-0.4, -0.2) is 67.3 Å². The molecule has 1 aromatic rings. The molecule has 0 saturated heterocycles. The van der Waals surface area contributed by atoms with Crippen molar-refractivity contribution >= 4 is 23.5 Å². The zero-order valence-corrected chi connectivity index (χ0v) is 11.7. The molecule has 102 valence electrons. The van der Waals surface area contributed by atoms with Gasteiger partial charge in [0.25, 0.3) is 0 Å². The van der Waals surface area contributed by atoms with Crippen LogP contribution in [0.15, 0.2) is 0 Å². The Morgan fingerprint density at radius 1 is 1.22 bits per heavy atom. The molecule has 0 bridgehead atoms. The standard InChI is InChI=1S/C10H19ClN6O/c1-12-9-14-8(11)15-10(16-9)13-4-5-17(2)6-7-18-3/h4-7H2,1-3H3,(H2,12,13,14,15,16). The first-order valence-electron chi connectivity index (χ1n) is 5.66. The predicted molar refractivity (Wildman–Crippen MR) is 72.2 cm³/mol. The highest BCUT2D eigenvalue weighted by Gasteiger charge is 2.03. The number of aromatic nitrogens is 3. The van der Waals surface area contributed by atoms with E-state index in [-0.39, 0.29) is 5.28 Å². The first kappa shape index (κ1) is 14.9. The van der Waals surface area contributed by atoms with Crippen molar-refractivity contribution in [1.29, 1.82) is 0 Å². The van der Waals surface area contributed by atoms with Gasteiger partial charge in [0.05, 0.1) is 6.61 Å². The van der Waals surface area contributed by atoms with Crippen molar-refractivity contribution in [2.24, 2.45) is 0 Å². The SMILES string of the molecule is CNc1nc(Cl)nc(NCCN(C)CCOC)n1. The van der Waals surface area contributed by atoms with Gasteiger partial charge in [-0.2, -0.15) is 15.0 Å². The van der Waals surface area contributed by atoms with Crippen LogP contribution < -0.4 is 10.6 Å². The van der Waals surface area contributed by atoms with Crippen LogP contribution >= 0.6 is 11.6 Å². The van der Waals surface area contributed by atoms with Crippen molar-refractivity contribution in [2.45, 2.75) is 0 Å². The molecule has 0 radical (unpaired) electrons. The predicted octanol–water partition coefficient (Wildman–Crippen LogP) is 0.557. The van der Waals surface area contributed by atoms with Crippen molar-refractivity contribution in [3.05, 3.63) is 5.28 Å². The van der Waals surface area contributed by atoms with Crippen molar-refractivity contribution < 1.29 is 4.74 Å². The second kappa shape index (κ2) is 8.02. The fraction of sp³-hybridized carbons (Fsp3) is 0.700. The number of rotatable bonds is 8. The first-order valence-corrected chi connectivity index (χ1v) is 6.04. The lowest BCUT2D eigenvalue weighted by molar-refractivity contribution is 0.163. The van der Waals surface area contributed by atoms with Gasteiger partial charge in [-0.15, -0.1) is 0 Å². The average molecular weight is 275 g/mol. The Hall–Kier alpha value is -1.18. The van der Waals surface area contributed by atoms with E-state index in [2.05, 4.69) is 30.5 Å². The molecule has 1 rings (SSSR count). The van der Waals surface area contributed by atoms with Gasteiger partial charge in [-0.25, -0.2) is 0 Å². The van der Waals surface area contributed by atoms with E-state index in [0.29, 0.717) is 11.9 Å². The zero-order valence-electron chi connectivity index (χ0n) is 10.9. The molecule has 1 heterocycles. The number of nitrogens with one attached hydrogen (secondary N) is 2. The van der Waals surface area contributed by atoms with E-state index in [1.807, 2.05) is 7.05 Å². The minimum Gasteiger partial charge on any atom is -0.383 e. The molecule has 1 aromatic heterocycles. The van der Waals surface area contributed by atoms with E-state index in [4.69, 9.17) is 16.3 Å². The van der Waals surface area contributed by atoms with Crippen molar-refractivity contribution in [1.82, 2.24) is 19.9 Å². The number of ether oxygens (including phenoxy) is 1. The van der Waals surface area contributed by atoms with Gasteiger partial charge in [-0.1, -0.05) is 0 Å². The lowest BCUT2D eigenvalue weighted by atomic mass is 10.5. The van der Waals surface area contributed by atoms with Crippen LogP contribution in [0.3, 0.4) is 0 Å². The maximum atomic E-state index is 5.77. The van der Waals surface area contributed by atoms with Gasteiger partial charge in [0.2, 0.25) is 17.2 Å². The number of hydrogen-bond donors (Lipinski definition) is 2. The second-order valence-corrected chi connectivity index (χ2v) is 4.06. The summed E-state index contributed by atoms with van der Waals surface area (Å²) in [5.74, 6) is 0.921. The summed E-state index contributed by atoms with van der Waals surface area (Å²) in [6.45, 7) is 3.20. The molecular weight excluding hydrogens is 256 g/mol. The summed E-state index contributed by atoms with van der Waals surface area (Å²) in [6.07, 6.45) is 0. The molecule has 2 N–H and O–H groups in total. The van der Waals surface area contributed by atoms with Gasteiger partial charge in [0.15, 0.2) is 0 Å². The van der Waals surface area contributed by atoms with E-state index in [1.54, 1.807) is 14.2 Å². The quantitative estimate of drug-likeness (QED) is 0.717. The molecule has 0 aromatic carbocycles. The van der Waals surface area contributed by atoms with Gasteiger partial charge >= 0.3 is 0 Å². The maximum Gasteiger partial charge on any atom is 0.228 e. The van der Waals surface area contributed by atoms with Crippen molar-refractivity contribution in [3.63, 3.8) is 0 Å². The number of halogens is 1. The number of nitrogens with zero attached hydrogens (tertiary/aromatic N) is 4. The molecule has 0 atom stereocenters. The minimum atomic E-state index is 0.171. The summed E-state index contributed by atoms with van der Waals surface area (Å²) in [6, 6.07) is 0. The van der Waals surface area contributed by atoms with Gasteiger partial charge in [0, 0.05) is 33.8 Å². The molecule has 0 saturated carbocycles. The topological polar surface area (TPSA) is 75.2 Å². The van der Waals surface area contributed by atoms with Crippen LogP contribution in [0.2, 0.25) is 5.28 Å². The average Bonchev–Trinajstić information content (AvgIpc) is 2.35. The highest BCUT2D eigenvalue weighted by Crippen LogP contribution is 2.08. The summed E-state index contributed by atoms with van der Waals surface area (Å²) < 4.78 is 5.00. The van der Waals surface area contributed by atoms with Gasteiger partial charge in [-0.05, 0) is 18.6 Å². The minimum absolute atomic E-state index is 0.171. The summed E-state index contributed by atoms with van der Waals surface area (Å²) in [5, 5.41) is 6.09.